The molecule has 0 amide bonds. The Bertz CT molecular complexity index is 328. The fraction of sp³-hybridized carbons (Fsp3) is 0.600. The van der Waals surface area contributed by atoms with Gasteiger partial charge in [-0.3, -0.25) is 0 Å². The van der Waals surface area contributed by atoms with E-state index in [1.54, 1.807) is 7.11 Å². The van der Waals surface area contributed by atoms with Crippen LogP contribution in [0, 0.1) is 5.92 Å². The largest absolute Gasteiger partial charge is 0.496 e. The second-order valence-electron chi connectivity index (χ2n) is 4.98. The lowest BCUT2D eigenvalue weighted by atomic mass is 9.93. The van der Waals surface area contributed by atoms with Crippen LogP contribution >= 0.6 is 0 Å². The Kier molecular flexibility index (Phi) is 4.85. The predicted octanol–water partition coefficient (Wildman–Crippen LogP) is 4.41. The summed E-state index contributed by atoms with van der Waals surface area (Å²) in [5.74, 6) is 2.31. The lowest BCUT2D eigenvalue weighted by Crippen LogP contribution is -2.00. The molecule has 0 N–H and O–H groups in total. The number of hydrogen-bond acceptors (Lipinski definition) is 1. The van der Waals surface area contributed by atoms with Crippen LogP contribution in [-0.2, 0) is 6.42 Å². The number of hydrogen-bond donors (Lipinski definition) is 0. The second kappa shape index (κ2) is 5.93. The van der Waals surface area contributed by atoms with Crippen LogP contribution in [0.5, 0.6) is 5.75 Å². The summed E-state index contributed by atoms with van der Waals surface area (Å²) in [4.78, 5) is 0. The first-order valence-corrected chi connectivity index (χ1v) is 6.25. The van der Waals surface area contributed by atoms with Crippen LogP contribution in [0.25, 0.3) is 0 Å². The van der Waals surface area contributed by atoms with Gasteiger partial charge in [-0.05, 0) is 41.9 Å². The van der Waals surface area contributed by atoms with Crippen LogP contribution in [0.1, 0.15) is 51.2 Å². The van der Waals surface area contributed by atoms with E-state index >= 15 is 0 Å². The molecule has 16 heavy (non-hydrogen) atoms. The lowest BCUT2D eigenvalue weighted by molar-refractivity contribution is 0.405. The van der Waals surface area contributed by atoms with Crippen molar-refractivity contribution in [1.29, 1.82) is 0 Å². The Labute approximate surface area is 99.8 Å². The fourth-order valence-corrected chi connectivity index (χ4v) is 1.99. The van der Waals surface area contributed by atoms with Gasteiger partial charge in [0.15, 0.2) is 0 Å². The normalized spacial score (nSPS) is 12.9. The fourth-order valence-electron chi connectivity index (χ4n) is 1.99. The van der Waals surface area contributed by atoms with Gasteiger partial charge in [0.25, 0.3) is 0 Å². The minimum Gasteiger partial charge on any atom is -0.496 e. The highest BCUT2D eigenvalue weighted by Gasteiger charge is 2.11. The maximum atomic E-state index is 5.43. The Morgan fingerprint density at radius 3 is 2.38 bits per heavy atom. The van der Waals surface area contributed by atoms with Crippen molar-refractivity contribution in [1.82, 2.24) is 0 Å². The van der Waals surface area contributed by atoms with Gasteiger partial charge in [0.1, 0.15) is 5.75 Å². The van der Waals surface area contributed by atoms with Gasteiger partial charge in [-0.2, -0.15) is 0 Å². The summed E-state index contributed by atoms with van der Waals surface area (Å²) >= 11 is 0. The van der Waals surface area contributed by atoms with Gasteiger partial charge in [-0.15, -0.1) is 0 Å². The molecule has 0 spiro atoms. The Morgan fingerprint density at radius 1 is 1.19 bits per heavy atom. The molecule has 1 aromatic carbocycles. The number of methoxy groups -OCH3 is 1. The summed E-state index contributed by atoms with van der Waals surface area (Å²) in [6.07, 6.45) is 2.30. The zero-order valence-electron chi connectivity index (χ0n) is 11.2. The molecule has 0 radical (unpaired) electrons. The average molecular weight is 220 g/mol. The summed E-state index contributed by atoms with van der Waals surface area (Å²) in [6, 6.07) is 6.61. The molecule has 0 fully saturated rings. The minimum atomic E-state index is 0.571. The van der Waals surface area contributed by atoms with E-state index in [1.807, 2.05) is 0 Å². The van der Waals surface area contributed by atoms with Crippen LogP contribution < -0.4 is 4.74 Å². The molecular formula is C15H24O. The van der Waals surface area contributed by atoms with Crippen molar-refractivity contribution in [2.45, 2.75) is 46.5 Å². The second-order valence-corrected chi connectivity index (χ2v) is 4.98. The van der Waals surface area contributed by atoms with Gasteiger partial charge < -0.3 is 4.74 Å². The number of ether oxygens (including phenoxy) is 1. The molecule has 1 nitrogen and oxygen atoms in total. The Morgan fingerprint density at radius 2 is 1.88 bits per heavy atom. The molecule has 1 aromatic rings. The van der Waals surface area contributed by atoms with Gasteiger partial charge in [0.05, 0.1) is 7.11 Å². The molecule has 1 rings (SSSR count). The Hall–Kier alpha value is -0.980. The smallest absolute Gasteiger partial charge is 0.122 e. The summed E-state index contributed by atoms with van der Waals surface area (Å²) in [5, 5.41) is 0. The molecule has 0 aliphatic carbocycles. The summed E-state index contributed by atoms with van der Waals surface area (Å²) < 4.78 is 5.43. The molecule has 90 valence electrons. The third-order valence-corrected chi connectivity index (χ3v) is 3.08. The zero-order valence-corrected chi connectivity index (χ0v) is 11.2. The Balaban J connectivity index is 3.01. The van der Waals surface area contributed by atoms with Gasteiger partial charge in [-0.25, -0.2) is 0 Å². The molecule has 0 bridgehead atoms. The molecule has 0 saturated carbocycles. The van der Waals surface area contributed by atoms with Gasteiger partial charge in [0.2, 0.25) is 0 Å². The van der Waals surface area contributed by atoms with Crippen molar-refractivity contribution < 1.29 is 4.74 Å². The van der Waals surface area contributed by atoms with E-state index in [9.17, 15) is 0 Å². The molecule has 0 heterocycles. The van der Waals surface area contributed by atoms with Crippen LogP contribution in [0.15, 0.2) is 18.2 Å². The first-order valence-electron chi connectivity index (χ1n) is 6.25. The predicted molar refractivity (Wildman–Crippen MR) is 70.2 cm³/mol. The van der Waals surface area contributed by atoms with Crippen molar-refractivity contribution in [3.05, 3.63) is 29.3 Å². The highest BCUT2D eigenvalue weighted by atomic mass is 16.5. The van der Waals surface area contributed by atoms with Crippen molar-refractivity contribution >= 4 is 0 Å². The van der Waals surface area contributed by atoms with E-state index in [2.05, 4.69) is 45.9 Å². The lowest BCUT2D eigenvalue weighted by Gasteiger charge is -2.16. The number of rotatable bonds is 5. The molecule has 1 heteroatoms. The third kappa shape index (κ3) is 3.26. The van der Waals surface area contributed by atoms with Crippen molar-refractivity contribution in [3.8, 4) is 5.75 Å². The van der Waals surface area contributed by atoms with E-state index in [4.69, 9.17) is 4.74 Å². The molecule has 0 saturated heterocycles. The van der Waals surface area contributed by atoms with Gasteiger partial charge in [0, 0.05) is 0 Å². The minimum absolute atomic E-state index is 0.571. The van der Waals surface area contributed by atoms with Crippen LogP contribution in [0.4, 0.5) is 0 Å². The standard InChI is InChI=1S/C15H24O/c1-6-12(4)14-10-13(9-11(2)3)7-8-15(14)16-5/h7-8,10-12H,6,9H2,1-5H3. The van der Waals surface area contributed by atoms with Crippen molar-refractivity contribution in [2.75, 3.05) is 7.11 Å². The van der Waals surface area contributed by atoms with Crippen LogP contribution in [-0.4, -0.2) is 7.11 Å². The van der Waals surface area contributed by atoms with E-state index in [0.717, 1.165) is 18.6 Å². The molecular weight excluding hydrogens is 196 g/mol. The quantitative estimate of drug-likeness (QED) is 0.714. The zero-order chi connectivity index (χ0) is 12.1. The van der Waals surface area contributed by atoms with Gasteiger partial charge in [-0.1, -0.05) is 39.8 Å². The monoisotopic (exact) mass is 220 g/mol. The molecule has 1 atom stereocenters. The summed E-state index contributed by atoms with van der Waals surface area (Å²) in [6.45, 7) is 9.00. The van der Waals surface area contributed by atoms with Crippen LogP contribution in [0.3, 0.4) is 0 Å². The van der Waals surface area contributed by atoms with Gasteiger partial charge >= 0.3 is 0 Å². The first kappa shape index (κ1) is 13.1. The van der Waals surface area contributed by atoms with E-state index < -0.39 is 0 Å². The summed E-state index contributed by atoms with van der Waals surface area (Å²) in [5.41, 5.74) is 2.77. The average Bonchev–Trinajstić information content (AvgIpc) is 2.27. The van der Waals surface area contributed by atoms with Crippen LogP contribution in [0.2, 0.25) is 0 Å². The maximum Gasteiger partial charge on any atom is 0.122 e. The van der Waals surface area contributed by atoms with E-state index in [-0.39, 0.29) is 0 Å². The third-order valence-electron chi connectivity index (χ3n) is 3.08. The van der Waals surface area contributed by atoms with Crippen molar-refractivity contribution in [2.24, 2.45) is 5.92 Å². The molecule has 0 aliphatic rings. The molecule has 0 aliphatic heterocycles. The highest BCUT2D eigenvalue weighted by molar-refractivity contribution is 5.39. The van der Waals surface area contributed by atoms with E-state index in [1.165, 1.54) is 11.1 Å². The highest BCUT2D eigenvalue weighted by Crippen LogP contribution is 2.30. The first-order chi connectivity index (χ1) is 7.58. The topological polar surface area (TPSA) is 9.23 Å². The maximum absolute atomic E-state index is 5.43. The molecule has 0 aromatic heterocycles. The summed E-state index contributed by atoms with van der Waals surface area (Å²) in [7, 11) is 1.75. The number of benzene rings is 1. The SMILES string of the molecule is CCC(C)c1cc(CC(C)C)ccc1OC. The van der Waals surface area contributed by atoms with Crippen molar-refractivity contribution in [3.63, 3.8) is 0 Å². The molecule has 1 unspecified atom stereocenters. The van der Waals surface area contributed by atoms with E-state index in [0.29, 0.717) is 11.8 Å².